The highest BCUT2D eigenvalue weighted by Crippen LogP contribution is 2.38. The van der Waals surface area contributed by atoms with Gasteiger partial charge in [0, 0.05) is 11.1 Å². The Labute approximate surface area is 157 Å². The van der Waals surface area contributed by atoms with Crippen molar-refractivity contribution >= 4 is 31.5 Å². The minimum Gasteiger partial charge on any atom is -0.412 e. The predicted molar refractivity (Wildman–Crippen MR) is 99.4 cm³/mol. The molecule has 8 heteroatoms. The van der Waals surface area contributed by atoms with Crippen molar-refractivity contribution in [2.24, 2.45) is 0 Å². The fourth-order valence-corrected chi connectivity index (χ4v) is 3.18. The Bertz CT molecular complexity index is 795. The van der Waals surface area contributed by atoms with Crippen molar-refractivity contribution in [3.05, 3.63) is 45.8 Å². The maximum absolute atomic E-state index is 14.9. The molecule has 1 aromatic carbocycles. The normalized spacial score (nSPS) is 12.5. The molecule has 0 aliphatic rings. The van der Waals surface area contributed by atoms with E-state index in [2.05, 4.69) is 30.7 Å². The Morgan fingerprint density at radius 2 is 1.80 bits per heavy atom. The van der Waals surface area contributed by atoms with Crippen LogP contribution in [-0.4, -0.2) is 18.3 Å². The van der Waals surface area contributed by atoms with Gasteiger partial charge in [-0.3, -0.25) is 0 Å². The van der Waals surface area contributed by atoms with E-state index in [0.717, 1.165) is 0 Å². The maximum Gasteiger partial charge on any atom is 0.222 e. The molecule has 0 radical (unpaired) electrons. The Morgan fingerprint density at radius 1 is 1.16 bits per heavy atom. The quantitative estimate of drug-likeness (QED) is 0.445. The summed E-state index contributed by atoms with van der Waals surface area (Å²) in [7, 11) is -2.16. The lowest BCUT2D eigenvalue weighted by atomic mass is 10.1. The Morgan fingerprint density at radius 3 is 2.40 bits per heavy atom. The van der Waals surface area contributed by atoms with E-state index < -0.39 is 20.0 Å². The topological polar surface area (TPSA) is 35.0 Å². The van der Waals surface area contributed by atoms with Crippen molar-refractivity contribution in [1.82, 2.24) is 9.97 Å². The minimum atomic E-state index is -2.16. The lowest BCUT2D eigenvalue weighted by Gasteiger charge is -2.36. The monoisotopic (exact) mass is 404 g/mol. The van der Waals surface area contributed by atoms with E-state index in [1.165, 1.54) is 18.3 Å². The molecule has 2 rings (SSSR count). The Kier molecular flexibility index (Phi) is 5.88. The van der Waals surface area contributed by atoms with Crippen molar-refractivity contribution in [3.8, 4) is 11.3 Å². The van der Waals surface area contributed by atoms with Crippen LogP contribution >= 0.6 is 23.2 Å². The number of aromatic nitrogens is 2. The van der Waals surface area contributed by atoms with Gasteiger partial charge in [0.2, 0.25) is 5.28 Å². The highest BCUT2D eigenvalue weighted by Gasteiger charge is 2.37. The second-order valence-electron chi connectivity index (χ2n) is 7.27. The van der Waals surface area contributed by atoms with Gasteiger partial charge in [0.25, 0.3) is 0 Å². The smallest absolute Gasteiger partial charge is 0.222 e. The third kappa shape index (κ3) is 4.37. The van der Waals surface area contributed by atoms with Gasteiger partial charge < -0.3 is 4.43 Å². The average Bonchev–Trinajstić information content (AvgIpc) is 2.49. The van der Waals surface area contributed by atoms with Gasteiger partial charge in [-0.05, 0) is 41.9 Å². The molecular weight excluding hydrogens is 385 g/mol. The van der Waals surface area contributed by atoms with Crippen LogP contribution in [0.4, 0.5) is 8.78 Å². The Balaban J connectivity index is 2.43. The number of hydrogen-bond acceptors (Lipinski definition) is 3. The second kappa shape index (κ2) is 7.27. The summed E-state index contributed by atoms with van der Waals surface area (Å²) >= 11 is 11.8. The number of benzene rings is 1. The van der Waals surface area contributed by atoms with E-state index in [9.17, 15) is 8.78 Å². The van der Waals surface area contributed by atoms with Crippen LogP contribution in [0.25, 0.3) is 11.3 Å². The van der Waals surface area contributed by atoms with Crippen LogP contribution in [-0.2, 0) is 11.0 Å². The molecule has 136 valence electrons. The zero-order valence-corrected chi connectivity index (χ0v) is 17.3. The molecule has 25 heavy (non-hydrogen) atoms. The number of rotatable bonds is 4. The van der Waals surface area contributed by atoms with Gasteiger partial charge in [0.05, 0.1) is 23.5 Å². The summed E-state index contributed by atoms with van der Waals surface area (Å²) in [5.41, 5.74) is 0.0328. The van der Waals surface area contributed by atoms with Crippen molar-refractivity contribution in [1.29, 1.82) is 0 Å². The molecule has 0 unspecified atom stereocenters. The van der Waals surface area contributed by atoms with Crippen molar-refractivity contribution in [3.63, 3.8) is 0 Å². The van der Waals surface area contributed by atoms with E-state index >= 15 is 0 Å². The van der Waals surface area contributed by atoms with E-state index in [4.69, 9.17) is 27.6 Å². The molecule has 0 saturated heterocycles. The molecule has 3 nitrogen and oxygen atoms in total. The standard InChI is InChI=1S/C17H20Cl2F2N2OSi/c1-17(2,3)25(4,5)24-9-11-13(20)7-6-10(14(11)21)15-12(18)8-22-16(19)23-15/h6-8H,9H2,1-5H3. The van der Waals surface area contributed by atoms with Crippen LogP contribution in [0.5, 0.6) is 0 Å². The molecule has 1 heterocycles. The minimum absolute atomic E-state index is 0.0598. The average molecular weight is 405 g/mol. The van der Waals surface area contributed by atoms with Gasteiger partial charge in [-0.15, -0.1) is 0 Å². The summed E-state index contributed by atoms with van der Waals surface area (Å²) in [6.45, 7) is 10.1. The molecule has 0 amide bonds. The molecule has 0 bridgehead atoms. The molecule has 1 aromatic heterocycles. The zero-order chi connectivity index (χ0) is 19.0. The summed E-state index contributed by atoms with van der Waals surface area (Å²) in [6.07, 6.45) is 1.28. The molecular formula is C17H20Cl2F2N2OSi. The van der Waals surface area contributed by atoms with Gasteiger partial charge in [0.1, 0.15) is 11.6 Å². The van der Waals surface area contributed by atoms with Crippen molar-refractivity contribution in [2.45, 2.75) is 45.5 Å². The number of hydrogen-bond donors (Lipinski definition) is 0. The predicted octanol–water partition coefficient (Wildman–Crippen LogP) is 6.25. The Hall–Kier alpha value is -1.08. The van der Waals surface area contributed by atoms with Crippen LogP contribution in [0.15, 0.2) is 18.3 Å². The number of nitrogens with zero attached hydrogens (tertiary/aromatic N) is 2. The van der Waals surface area contributed by atoms with Crippen LogP contribution in [0.3, 0.4) is 0 Å². The molecule has 0 aliphatic carbocycles. The third-order valence-corrected chi connectivity index (χ3v) is 9.48. The first-order chi connectivity index (χ1) is 11.4. The van der Waals surface area contributed by atoms with E-state index in [0.29, 0.717) is 0 Å². The highest BCUT2D eigenvalue weighted by molar-refractivity contribution is 6.74. The van der Waals surface area contributed by atoms with Crippen molar-refractivity contribution in [2.75, 3.05) is 0 Å². The first kappa shape index (κ1) is 20.2. The van der Waals surface area contributed by atoms with Crippen LogP contribution in [0.1, 0.15) is 26.3 Å². The van der Waals surface area contributed by atoms with E-state index in [-0.39, 0.29) is 38.8 Å². The fourth-order valence-electron chi connectivity index (χ4n) is 1.92. The van der Waals surface area contributed by atoms with Gasteiger partial charge >= 0.3 is 0 Å². The molecule has 0 saturated carbocycles. The largest absolute Gasteiger partial charge is 0.412 e. The lowest BCUT2D eigenvalue weighted by Crippen LogP contribution is -2.40. The summed E-state index contributed by atoms with van der Waals surface area (Å²) in [6, 6.07) is 2.46. The van der Waals surface area contributed by atoms with Crippen LogP contribution in [0.2, 0.25) is 28.4 Å². The van der Waals surface area contributed by atoms with Crippen LogP contribution < -0.4 is 0 Å². The summed E-state index contributed by atoms with van der Waals surface area (Å²) in [5.74, 6) is -1.42. The molecule has 2 aromatic rings. The highest BCUT2D eigenvalue weighted by atomic mass is 35.5. The molecule has 0 atom stereocenters. The van der Waals surface area contributed by atoms with Gasteiger partial charge in [0.15, 0.2) is 8.32 Å². The second-order valence-corrected chi connectivity index (χ2v) is 12.8. The molecule has 0 N–H and O–H groups in total. The van der Waals surface area contributed by atoms with Gasteiger partial charge in [-0.2, -0.15) is 0 Å². The first-order valence-electron chi connectivity index (χ1n) is 7.73. The summed E-state index contributed by atoms with van der Waals surface area (Å²) in [4.78, 5) is 7.69. The SMILES string of the molecule is CC(C)(C)[Si](C)(C)OCc1c(F)ccc(-c2nc(Cl)ncc2Cl)c1F. The summed E-state index contributed by atoms with van der Waals surface area (Å²) in [5, 5.41) is -0.00509. The summed E-state index contributed by atoms with van der Waals surface area (Å²) < 4.78 is 35.1. The maximum atomic E-state index is 14.9. The molecule has 0 aliphatic heterocycles. The first-order valence-corrected chi connectivity index (χ1v) is 11.4. The van der Waals surface area contributed by atoms with E-state index in [1.54, 1.807) is 0 Å². The lowest BCUT2D eigenvalue weighted by molar-refractivity contribution is 0.265. The molecule has 0 spiro atoms. The zero-order valence-electron chi connectivity index (χ0n) is 14.8. The van der Waals surface area contributed by atoms with Crippen molar-refractivity contribution < 1.29 is 13.2 Å². The number of halogens is 4. The third-order valence-electron chi connectivity index (χ3n) is 4.54. The molecule has 0 fully saturated rings. The van der Waals surface area contributed by atoms with Gasteiger partial charge in [-0.25, -0.2) is 18.7 Å². The van der Waals surface area contributed by atoms with Gasteiger partial charge in [-0.1, -0.05) is 32.4 Å². The fraction of sp³-hybridized carbons (Fsp3) is 0.412. The van der Waals surface area contributed by atoms with E-state index in [1.807, 2.05) is 13.1 Å². The van der Waals surface area contributed by atoms with Crippen LogP contribution in [0, 0.1) is 11.6 Å².